The standard InChI is InChI=1S/C16H23N3O.HI/c17-15(18-11-16(20)9-4-10-16)19-14-8-3-6-12-5-1-2-7-13(12)14;/h3,6,8,20H,1-2,4-5,7,9-11H2,(H3,17,18,19);1H. The number of halogens is 1. The van der Waals surface area contributed by atoms with Gasteiger partial charge in [0.1, 0.15) is 0 Å². The van der Waals surface area contributed by atoms with Gasteiger partial charge in [-0.15, -0.1) is 24.0 Å². The lowest BCUT2D eigenvalue weighted by atomic mass is 9.80. The van der Waals surface area contributed by atoms with E-state index in [1.807, 2.05) is 0 Å². The third kappa shape index (κ3) is 3.88. The highest BCUT2D eigenvalue weighted by molar-refractivity contribution is 14.0. The maximum absolute atomic E-state index is 10.0. The van der Waals surface area contributed by atoms with E-state index in [1.165, 1.54) is 24.0 Å². The minimum Gasteiger partial charge on any atom is -0.388 e. The summed E-state index contributed by atoms with van der Waals surface area (Å²) < 4.78 is 0. The van der Waals surface area contributed by atoms with Crippen molar-refractivity contribution in [2.75, 3.05) is 11.9 Å². The van der Waals surface area contributed by atoms with Crippen LogP contribution in [-0.2, 0) is 12.8 Å². The molecule has 4 nitrogen and oxygen atoms in total. The molecular formula is C16H24IN3O. The van der Waals surface area contributed by atoms with Crippen LogP contribution in [0.25, 0.3) is 0 Å². The molecule has 116 valence electrons. The predicted molar refractivity (Wildman–Crippen MR) is 97.4 cm³/mol. The Morgan fingerprint density at radius 3 is 2.71 bits per heavy atom. The molecule has 0 saturated heterocycles. The van der Waals surface area contributed by atoms with Crippen LogP contribution in [0.15, 0.2) is 23.2 Å². The van der Waals surface area contributed by atoms with E-state index in [0.29, 0.717) is 12.5 Å². The number of nitrogens with one attached hydrogen (secondary N) is 1. The van der Waals surface area contributed by atoms with Gasteiger partial charge in [0, 0.05) is 5.69 Å². The van der Waals surface area contributed by atoms with Gasteiger partial charge in [0.25, 0.3) is 0 Å². The number of nitrogens with zero attached hydrogens (tertiary/aromatic N) is 1. The van der Waals surface area contributed by atoms with Gasteiger partial charge in [-0.1, -0.05) is 12.1 Å². The monoisotopic (exact) mass is 401 g/mol. The highest BCUT2D eigenvalue weighted by Crippen LogP contribution is 2.31. The summed E-state index contributed by atoms with van der Waals surface area (Å²) in [5, 5.41) is 13.2. The molecule has 1 aromatic rings. The molecule has 0 spiro atoms. The smallest absolute Gasteiger partial charge is 0.193 e. The number of aryl methyl sites for hydroxylation is 1. The Morgan fingerprint density at radius 2 is 2.00 bits per heavy atom. The fourth-order valence-electron chi connectivity index (χ4n) is 3.05. The van der Waals surface area contributed by atoms with Crippen LogP contribution in [0, 0.1) is 0 Å². The average Bonchev–Trinajstić information content (AvgIpc) is 2.43. The van der Waals surface area contributed by atoms with Crippen molar-refractivity contribution in [2.45, 2.75) is 50.5 Å². The van der Waals surface area contributed by atoms with Gasteiger partial charge in [0.2, 0.25) is 0 Å². The number of guanidine groups is 1. The molecule has 1 aromatic carbocycles. The molecule has 1 saturated carbocycles. The number of aliphatic imine (C=N–C) groups is 1. The molecule has 0 aliphatic heterocycles. The third-order valence-electron chi connectivity index (χ3n) is 4.49. The Labute approximate surface area is 143 Å². The first-order valence-corrected chi connectivity index (χ1v) is 7.56. The van der Waals surface area contributed by atoms with Crippen LogP contribution in [-0.4, -0.2) is 23.2 Å². The fraction of sp³-hybridized carbons (Fsp3) is 0.562. The Balaban J connectivity index is 0.00000161. The van der Waals surface area contributed by atoms with Gasteiger partial charge >= 0.3 is 0 Å². The molecule has 0 bridgehead atoms. The summed E-state index contributed by atoms with van der Waals surface area (Å²) in [6.07, 6.45) is 7.54. The normalized spacial score (nSPS) is 20.0. The highest BCUT2D eigenvalue weighted by Gasteiger charge is 2.34. The third-order valence-corrected chi connectivity index (χ3v) is 4.49. The van der Waals surface area contributed by atoms with Gasteiger partial charge in [-0.2, -0.15) is 0 Å². The molecule has 0 atom stereocenters. The predicted octanol–water partition coefficient (Wildman–Crippen LogP) is 2.83. The van der Waals surface area contributed by atoms with Crippen LogP contribution in [0.2, 0.25) is 0 Å². The van der Waals surface area contributed by atoms with Gasteiger partial charge in [-0.3, -0.25) is 4.99 Å². The van der Waals surface area contributed by atoms with Gasteiger partial charge in [0.05, 0.1) is 12.1 Å². The largest absolute Gasteiger partial charge is 0.388 e. The van der Waals surface area contributed by atoms with E-state index in [-0.39, 0.29) is 24.0 Å². The topological polar surface area (TPSA) is 70.6 Å². The highest BCUT2D eigenvalue weighted by atomic mass is 127. The van der Waals surface area contributed by atoms with Gasteiger partial charge in [-0.05, 0) is 62.1 Å². The Morgan fingerprint density at radius 1 is 1.24 bits per heavy atom. The van der Waals surface area contributed by atoms with Crippen LogP contribution in [0.5, 0.6) is 0 Å². The van der Waals surface area contributed by atoms with Crippen molar-refractivity contribution in [3.05, 3.63) is 29.3 Å². The minimum absolute atomic E-state index is 0. The summed E-state index contributed by atoms with van der Waals surface area (Å²) in [7, 11) is 0. The maximum atomic E-state index is 10.0. The van der Waals surface area contributed by atoms with Gasteiger partial charge < -0.3 is 16.2 Å². The molecule has 2 aliphatic carbocycles. The zero-order valence-corrected chi connectivity index (χ0v) is 14.6. The summed E-state index contributed by atoms with van der Waals surface area (Å²) in [6.45, 7) is 0.404. The first kappa shape index (κ1) is 16.5. The molecule has 1 fully saturated rings. The molecule has 5 heteroatoms. The Hall–Kier alpha value is -0.820. The molecule has 2 aliphatic rings. The van der Waals surface area contributed by atoms with Crippen molar-refractivity contribution >= 4 is 35.6 Å². The van der Waals surface area contributed by atoms with E-state index >= 15 is 0 Å². The number of nitrogens with two attached hydrogens (primary N) is 1. The van der Waals surface area contributed by atoms with Crippen LogP contribution in [0.3, 0.4) is 0 Å². The summed E-state index contributed by atoms with van der Waals surface area (Å²) >= 11 is 0. The number of hydrogen-bond acceptors (Lipinski definition) is 2. The number of anilines is 1. The zero-order valence-electron chi connectivity index (χ0n) is 12.3. The molecular weight excluding hydrogens is 377 g/mol. The molecule has 3 rings (SSSR count). The fourth-order valence-corrected chi connectivity index (χ4v) is 3.05. The number of hydrogen-bond donors (Lipinski definition) is 3. The lowest BCUT2D eigenvalue weighted by molar-refractivity contribution is -0.0235. The zero-order chi connectivity index (χ0) is 14.0. The van der Waals surface area contributed by atoms with Crippen molar-refractivity contribution in [1.29, 1.82) is 0 Å². The summed E-state index contributed by atoms with van der Waals surface area (Å²) in [5.74, 6) is 0.407. The van der Waals surface area contributed by atoms with E-state index in [9.17, 15) is 5.11 Å². The Bertz CT molecular complexity index is 526. The van der Waals surface area contributed by atoms with Crippen LogP contribution >= 0.6 is 24.0 Å². The maximum Gasteiger partial charge on any atom is 0.193 e. The number of fused-ring (bicyclic) bond motifs is 1. The SMILES string of the molecule is I.NC(=NCC1(O)CCC1)Nc1cccc2c1CCCC2. The van der Waals surface area contributed by atoms with Crippen LogP contribution < -0.4 is 11.1 Å². The van der Waals surface area contributed by atoms with E-state index in [4.69, 9.17) is 5.73 Å². The second-order valence-corrected chi connectivity index (χ2v) is 6.05. The second kappa shape index (κ2) is 6.96. The van der Waals surface area contributed by atoms with Crippen molar-refractivity contribution in [3.8, 4) is 0 Å². The molecule has 4 N–H and O–H groups in total. The Kier molecular flexibility index (Phi) is 5.48. The summed E-state index contributed by atoms with van der Waals surface area (Å²) in [4.78, 5) is 4.30. The number of benzene rings is 1. The van der Waals surface area contributed by atoms with Gasteiger partial charge in [0.15, 0.2) is 5.96 Å². The summed E-state index contributed by atoms with van der Waals surface area (Å²) in [6, 6.07) is 6.33. The lowest BCUT2D eigenvalue weighted by Crippen LogP contribution is -2.41. The van der Waals surface area contributed by atoms with Crippen molar-refractivity contribution in [2.24, 2.45) is 10.7 Å². The number of aliphatic hydroxyl groups is 1. The quantitative estimate of drug-likeness (QED) is 0.415. The lowest BCUT2D eigenvalue weighted by Gasteiger charge is -2.35. The van der Waals surface area contributed by atoms with Crippen molar-refractivity contribution in [3.63, 3.8) is 0 Å². The van der Waals surface area contributed by atoms with E-state index in [1.54, 1.807) is 0 Å². The molecule has 0 unspecified atom stereocenters. The average molecular weight is 401 g/mol. The van der Waals surface area contributed by atoms with Crippen LogP contribution in [0.4, 0.5) is 5.69 Å². The molecule has 0 radical (unpaired) electrons. The molecule has 0 amide bonds. The van der Waals surface area contributed by atoms with E-state index in [2.05, 4.69) is 28.5 Å². The summed E-state index contributed by atoms with van der Waals surface area (Å²) in [5.41, 5.74) is 9.21. The molecule has 21 heavy (non-hydrogen) atoms. The van der Waals surface area contributed by atoms with E-state index in [0.717, 1.165) is 37.8 Å². The second-order valence-electron chi connectivity index (χ2n) is 6.05. The van der Waals surface area contributed by atoms with Crippen LogP contribution in [0.1, 0.15) is 43.2 Å². The number of rotatable bonds is 3. The van der Waals surface area contributed by atoms with Gasteiger partial charge in [-0.25, -0.2) is 0 Å². The minimum atomic E-state index is -0.609. The first-order chi connectivity index (χ1) is 9.66. The first-order valence-electron chi connectivity index (χ1n) is 7.56. The molecule has 0 heterocycles. The van der Waals surface area contributed by atoms with E-state index < -0.39 is 5.60 Å². The molecule has 0 aromatic heterocycles. The van der Waals surface area contributed by atoms with Crippen molar-refractivity contribution in [1.82, 2.24) is 0 Å². The van der Waals surface area contributed by atoms with Crippen molar-refractivity contribution < 1.29 is 5.11 Å².